The molecule has 0 unspecified atom stereocenters. The Labute approximate surface area is 171 Å². The van der Waals surface area contributed by atoms with E-state index in [9.17, 15) is 18.5 Å². The molecule has 0 atom stereocenters. The predicted octanol–water partition coefficient (Wildman–Crippen LogP) is 4.16. The second-order valence-corrected chi connectivity index (χ2v) is 8.83. The number of anilines is 1. The molecule has 148 valence electrons. The van der Waals surface area contributed by atoms with Crippen LogP contribution in [0.1, 0.15) is 11.1 Å². The molecule has 0 spiro atoms. The molecule has 1 heterocycles. The van der Waals surface area contributed by atoms with Crippen LogP contribution in [0.2, 0.25) is 0 Å². The van der Waals surface area contributed by atoms with Crippen LogP contribution in [0.25, 0.3) is 0 Å². The van der Waals surface area contributed by atoms with Crippen LogP contribution in [-0.2, 0) is 15.9 Å². The predicted molar refractivity (Wildman–Crippen MR) is 109 cm³/mol. The lowest BCUT2D eigenvalue weighted by Gasteiger charge is -2.25. The van der Waals surface area contributed by atoms with Gasteiger partial charge in [0, 0.05) is 30.5 Å². The van der Waals surface area contributed by atoms with Gasteiger partial charge in [0.1, 0.15) is 11.5 Å². The van der Waals surface area contributed by atoms with Gasteiger partial charge in [0.2, 0.25) is 0 Å². The summed E-state index contributed by atoms with van der Waals surface area (Å²) >= 11 is 12.5. The molecule has 7 nitrogen and oxygen atoms in total. The van der Waals surface area contributed by atoms with Crippen LogP contribution in [0.5, 0.6) is 5.75 Å². The maximum absolute atomic E-state index is 12.3. The van der Waals surface area contributed by atoms with Crippen molar-refractivity contribution < 1.29 is 17.5 Å². The Hall–Kier alpha value is -1.55. The minimum Gasteiger partial charge on any atom is -0.382 e. The molecule has 0 aliphatic rings. The van der Waals surface area contributed by atoms with E-state index < -0.39 is 20.8 Å². The molecular weight excluding hydrogens is 435 g/mol. The zero-order valence-corrected chi connectivity index (χ0v) is 17.6. The molecule has 27 heavy (non-hydrogen) atoms. The third kappa shape index (κ3) is 5.97. The second kappa shape index (κ2) is 9.59. The summed E-state index contributed by atoms with van der Waals surface area (Å²) in [5.74, 6) is 0.439. The van der Waals surface area contributed by atoms with E-state index in [-0.39, 0.29) is 16.3 Å². The smallest absolute Gasteiger partial charge is 0.328 e. The zero-order valence-electron chi connectivity index (χ0n) is 14.4. The Morgan fingerprint density at radius 1 is 1.22 bits per heavy atom. The number of rotatable bonds is 10. The van der Waals surface area contributed by atoms with Gasteiger partial charge in [-0.15, -0.1) is 23.2 Å². The molecule has 2 rings (SSSR count). The number of hydrogen-bond donors (Lipinski definition) is 0. The fraction of sp³-hybridized carbons (Fsp3) is 0.375. The molecule has 0 amide bonds. The summed E-state index contributed by atoms with van der Waals surface area (Å²) in [5.41, 5.74) is 1.79. The van der Waals surface area contributed by atoms with E-state index in [1.165, 1.54) is 17.5 Å². The first-order valence-corrected chi connectivity index (χ1v) is 11.4. The first kappa shape index (κ1) is 21.7. The zero-order chi connectivity index (χ0) is 20.0. The molecule has 0 N–H and O–H groups in total. The molecule has 0 saturated carbocycles. The largest absolute Gasteiger partial charge is 0.382 e. The van der Waals surface area contributed by atoms with Crippen LogP contribution in [-0.4, -0.2) is 38.2 Å². The van der Waals surface area contributed by atoms with Gasteiger partial charge in [-0.05, 0) is 42.1 Å². The topological polar surface area (TPSA) is 89.8 Å². The first-order valence-electron chi connectivity index (χ1n) is 7.88. The van der Waals surface area contributed by atoms with Gasteiger partial charge < -0.3 is 9.08 Å². The van der Waals surface area contributed by atoms with Gasteiger partial charge in [0.05, 0.1) is 10.5 Å². The van der Waals surface area contributed by atoms with Gasteiger partial charge in [0.25, 0.3) is 0 Å². The van der Waals surface area contributed by atoms with Gasteiger partial charge >= 0.3 is 15.1 Å². The van der Waals surface area contributed by atoms with Gasteiger partial charge in [0.15, 0.2) is 0 Å². The summed E-state index contributed by atoms with van der Waals surface area (Å²) < 4.78 is 29.7. The number of hydrogen-bond acceptors (Lipinski definition) is 7. The van der Waals surface area contributed by atoms with Crippen molar-refractivity contribution in [2.75, 3.05) is 29.7 Å². The standard InChI is InChI=1S/C16H18Cl2N2O5S2/c1-12-10-14(2-3-15(12)19(7-5-17)8-6-18)25-27(23,24)11-13-4-9-26-16(13)20(21)22/h2-4,9-10H,5-8,11H2,1H3. The van der Waals surface area contributed by atoms with E-state index >= 15 is 0 Å². The lowest BCUT2D eigenvalue weighted by molar-refractivity contribution is -0.380. The van der Waals surface area contributed by atoms with Crippen LogP contribution in [0, 0.1) is 17.0 Å². The SMILES string of the molecule is Cc1cc(OS(=O)(=O)Cc2ccsc2[N+](=O)[O-])ccc1N(CCCl)CCCl. The Balaban J connectivity index is 2.17. The highest BCUT2D eigenvalue weighted by molar-refractivity contribution is 7.86. The third-order valence-electron chi connectivity index (χ3n) is 3.66. The molecule has 0 aliphatic carbocycles. The highest BCUT2D eigenvalue weighted by Crippen LogP contribution is 2.29. The van der Waals surface area contributed by atoms with Crippen molar-refractivity contribution in [3.05, 3.63) is 50.9 Å². The number of thiophene rings is 1. The average Bonchev–Trinajstić information content (AvgIpc) is 3.02. The van der Waals surface area contributed by atoms with E-state index in [1.54, 1.807) is 12.1 Å². The van der Waals surface area contributed by atoms with E-state index in [0.29, 0.717) is 24.8 Å². The maximum Gasteiger partial charge on any atom is 0.328 e. The highest BCUT2D eigenvalue weighted by Gasteiger charge is 2.23. The van der Waals surface area contributed by atoms with Crippen LogP contribution in [0.15, 0.2) is 29.6 Å². The molecule has 1 aromatic carbocycles. The first-order chi connectivity index (χ1) is 12.8. The number of nitro groups is 1. The number of halogens is 2. The summed E-state index contributed by atoms with van der Waals surface area (Å²) in [4.78, 5) is 12.3. The molecule has 0 bridgehead atoms. The van der Waals surface area contributed by atoms with Crippen molar-refractivity contribution in [2.24, 2.45) is 0 Å². The molecule has 0 fully saturated rings. The minimum absolute atomic E-state index is 0.105. The summed E-state index contributed by atoms with van der Waals surface area (Å²) in [5, 5.41) is 12.2. The Bertz CT molecular complexity index is 896. The number of aryl methyl sites for hydroxylation is 1. The number of alkyl halides is 2. The van der Waals surface area contributed by atoms with E-state index in [4.69, 9.17) is 27.4 Å². The van der Waals surface area contributed by atoms with E-state index in [2.05, 4.69) is 0 Å². The fourth-order valence-corrected chi connectivity index (χ4v) is 4.86. The molecule has 0 radical (unpaired) electrons. The van der Waals surface area contributed by atoms with Gasteiger partial charge in [-0.25, -0.2) is 0 Å². The number of nitrogens with zero attached hydrogens (tertiary/aromatic N) is 2. The Kier molecular flexibility index (Phi) is 7.72. The van der Waals surface area contributed by atoms with Crippen molar-refractivity contribution in [2.45, 2.75) is 12.7 Å². The molecule has 1 aromatic heterocycles. The van der Waals surface area contributed by atoms with Crippen molar-refractivity contribution in [3.63, 3.8) is 0 Å². The van der Waals surface area contributed by atoms with Crippen LogP contribution >= 0.6 is 34.5 Å². The molecule has 0 saturated heterocycles. The summed E-state index contributed by atoms with van der Waals surface area (Å²) in [6, 6.07) is 6.29. The quantitative estimate of drug-likeness (QED) is 0.232. The van der Waals surface area contributed by atoms with Crippen LogP contribution < -0.4 is 9.08 Å². The molecular formula is C16H18Cl2N2O5S2. The van der Waals surface area contributed by atoms with Gasteiger partial charge in [-0.1, -0.05) is 11.3 Å². The normalized spacial score (nSPS) is 11.4. The lowest BCUT2D eigenvalue weighted by atomic mass is 10.1. The summed E-state index contributed by atoms with van der Waals surface area (Å²) in [6.07, 6.45) is 0. The van der Waals surface area contributed by atoms with E-state index in [1.807, 2.05) is 11.8 Å². The maximum atomic E-state index is 12.3. The highest BCUT2D eigenvalue weighted by atomic mass is 35.5. The molecule has 11 heteroatoms. The Morgan fingerprint density at radius 2 is 1.89 bits per heavy atom. The van der Waals surface area contributed by atoms with Crippen molar-refractivity contribution in [1.29, 1.82) is 0 Å². The summed E-state index contributed by atoms with van der Waals surface area (Å²) in [6.45, 7) is 3.04. The van der Waals surface area contributed by atoms with Crippen molar-refractivity contribution >= 4 is 55.3 Å². The number of benzene rings is 1. The summed E-state index contributed by atoms with van der Waals surface area (Å²) in [7, 11) is -4.04. The average molecular weight is 453 g/mol. The Morgan fingerprint density at radius 3 is 2.44 bits per heavy atom. The monoisotopic (exact) mass is 452 g/mol. The van der Waals surface area contributed by atoms with Gasteiger partial charge in [-0.3, -0.25) is 10.1 Å². The van der Waals surface area contributed by atoms with Crippen molar-refractivity contribution in [1.82, 2.24) is 0 Å². The fourth-order valence-electron chi connectivity index (χ4n) is 2.56. The van der Waals surface area contributed by atoms with Gasteiger partial charge in [-0.2, -0.15) is 8.42 Å². The molecule has 2 aromatic rings. The van der Waals surface area contributed by atoms with Crippen LogP contribution in [0.3, 0.4) is 0 Å². The third-order valence-corrected chi connectivity index (χ3v) is 6.02. The molecule has 0 aliphatic heterocycles. The second-order valence-electron chi connectivity index (χ2n) is 5.61. The van der Waals surface area contributed by atoms with Crippen molar-refractivity contribution in [3.8, 4) is 5.75 Å². The minimum atomic E-state index is -4.04. The lowest BCUT2D eigenvalue weighted by Crippen LogP contribution is -2.28. The van der Waals surface area contributed by atoms with Crippen LogP contribution in [0.4, 0.5) is 10.7 Å². The van der Waals surface area contributed by atoms with E-state index in [0.717, 1.165) is 22.6 Å².